The minimum absolute atomic E-state index is 0.0898. The number of unbranched alkanes of at least 4 members (excludes halogenated alkanes) is 33. The van der Waals surface area contributed by atoms with Gasteiger partial charge in [-0.3, -0.25) is 13.8 Å². The van der Waals surface area contributed by atoms with E-state index in [1.807, 2.05) is 21.1 Å². The van der Waals surface area contributed by atoms with Crippen LogP contribution in [0.15, 0.2) is 24.3 Å². The largest absolute Gasteiger partial charge is 0.472 e. The average Bonchev–Trinajstić information content (AvgIpc) is 3.24. The summed E-state index contributed by atoms with van der Waals surface area (Å²) < 4.78 is 35.2. The molecule has 2 atom stereocenters. The van der Waals surface area contributed by atoms with Crippen molar-refractivity contribution in [2.45, 2.75) is 264 Å². The van der Waals surface area contributed by atoms with Crippen LogP contribution in [0.1, 0.15) is 258 Å². The Kier molecular flexibility index (Phi) is 46.7. The van der Waals surface area contributed by atoms with Gasteiger partial charge in [-0.2, -0.15) is 0 Å². The fourth-order valence-electron chi connectivity index (χ4n) is 7.82. The van der Waals surface area contributed by atoms with E-state index in [9.17, 15) is 14.3 Å². The second-order valence-electron chi connectivity index (χ2n) is 19.6. The first kappa shape index (κ1) is 62.0. The SMILES string of the molecule is CCCCCC/C=C\C/C=C\CCCCCCCCCCOCC(COP(=O)(O)OCC[N+](C)(C)C)OC(=O)CCCCCCCCCCCCCCCCCCCCCCCC. The molecule has 0 spiro atoms. The van der Waals surface area contributed by atoms with Gasteiger partial charge in [-0.15, -0.1) is 0 Å². The van der Waals surface area contributed by atoms with Crippen molar-refractivity contribution in [3.8, 4) is 0 Å². The quantitative estimate of drug-likeness (QED) is 0.0214. The number of nitrogens with zero attached hydrogens (tertiary/aromatic N) is 1. The van der Waals surface area contributed by atoms with Crippen molar-refractivity contribution in [2.24, 2.45) is 0 Å². The fraction of sp³-hybridized carbons (Fsp3) is 0.907. The minimum atomic E-state index is -4.28. The van der Waals surface area contributed by atoms with E-state index in [1.54, 1.807) is 0 Å². The lowest BCUT2D eigenvalue weighted by atomic mass is 10.0. The summed E-state index contributed by atoms with van der Waals surface area (Å²) in [5, 5.41) is 0. The highest BCUT2D eigenvalue weighted by molar-refractivity contribution is 7.47. The van der Waals surface area contributed by atoms with E-state index in [0.29, 0.717) is 24.1 Å². The third-order valence-electron chi connectivity index (χ3n) is 12.0. The van der Waals surface area contributed by atoms with E-state index in [2.05, 4.69) is 38.2 Å². The molecular formula is C54H107NO7P+. The van der Waals surface area contributed by atoms with Crippen molar-refractivity contribution >= 4 is 13.8 Å². The molecule has 0 aliphatic carbocycles. The Morgan fingerprint density at radius 1 is 0.492 bits per heavy atom. The molecule has 0 rings (SSSR count). The molecule has 0 radical (unpaired) electrons. The van der Waals surface area contributed by atoms with Crippen molar-refractivity contribution in [1.29, 1.82) is 0 Å². The van der Waals surface area contributed by atoms with Gasteiger partial charge in [0.05, 0.1) is 34.4 Å². The van der Waals surface area contributed by atoms with E-state index in [0.717, 1.165) is 38.5 Å². The molecule has 0 aromatic rings. The van der Waals surface area contributed by atoms with Crippen molar-refractivity contribution in [2.75, 3.05) is 54.1 Å². The van der Waals surface area contributed by atoms with Gasteiger partial charge in [0.2, 0.25) is 0 Å². The zero-order chi connectivity index (χ0) is 46.2. The molecule has 0 aliphatic rings. The predicted octanol–water partition coefficient (Wildman–Crippen LogP) is 16.7. The first-order valence-electron chi connectivity index (χ1n) is 27.1. The normalized spacial score (nSPS) is 13.7. The molecule has 2 unspecified atom stereocenters. The highest BCUT2D eigenvalue weighted by Crippen LogP contribution is 2.43. The first-order valence-corrected chi connectivity index (χ1v) is 28.6. The van der Waals surface area contributed by atoms with Crippen LogP contribution in [0.2, 0.25) is 0 Å². The number of likely N-dealkylation sites (N-methyl/N-ethyl adjacent to an activating group) is 1. The molecule has 0 heterocycles. The van der Waals surface area contributed by atoms with E-state index < -0.39 is 13.9 Å². The molecule has 0 aromatic heterocycles. The Morgan fingerprint density at radius 3 is 1.30 bits per heavy atom. The molecule has 1 N–H and O–H groups in total. The van der Waals surface area contributed by atoms with Gasteiger partial charge in [0.15, 0.2) is 0 Å². The number of hydrogen-bond donors (Lipinski definition) is 1. The van der Waals surface area contributed by atoms with Crippen molar-refractivity contribution in [3.63, 3.8) is 0 Å². The number of carbonyl (C=O) groups is 1. The van der Waals surface area contributed by atoms with Crippen LogP contribution >= 0.6 is 7.82 Å². The molecule has 0 amide bonds. The van der Waals surface area contributed by atoms with Gasteiger partial charge in [-0.05, 0) is 44.9 Å². The number of phosphoric acid groups is 1. The fourth-order valence-corrected chi connectivity index (χ4v) is 8.56. The van der Waals surface area contributed by atoms with E-state index in [4.69, 9.17) is 18.5 Å². The molecule has 8 nitrogen and oxygen atoms in total. The Bertz CT molecular complexity index is 1060. The number of esters is 1. The molecule has 0 aliphatic heterocycles. The van der Waals surface area contributed by atoms with Gasteiger partial charge in [0, 0.05) is 13.0 Å². The molecule has 0 saturated carbocycles. The number of ether oxygens (including phenoxy) is 2. The number of quaternary nitrogens is 1. The van der Waals surface area contributed by atoms with Gasteiger partial charge in [-0.25, -0.2) is 4.57 Å². The Balaban J connectivity index is 4.08. The van der Waals surface area contributed by atoms with E-state index >= 15 is 0 Å². The van der Waals surface area contributed by atoms with Crippen LogP contribution in [0.25, 0.3) is 0 Å². The minimum Gasteiger partial charge on any atom is -0.457 e. The van der Waals surface area contributed by atoms with Gasteiger partial charge < -0.3 is 18.9 Å². The van der Waals surface area contributed by atoms with Gasteiger partial charge in [-0.1, -0.05) is 231 Å². The van der Waals surface area contributed by atoms with Crippen LogP contribution in [0.3, 0.4) is 0 Å². The number of carbonyl (C=O) groups excluding carboxylic acids is 1. The number of hydrogen-bond acceptors (Lipinski definition) is 6. The maximum Gasteiger partial charge on any atom is 0.472 e. The van der Waals surface area contributed by atoms with Crippen molar-refractivity contribution in [3.05, 3.63) is 24.3 Å². The Hall–Kier alpha value is -1.02. The lowest BCUT2D eigenvalue weighted by Crippen LogP contribution is -2.37. The summed E-state index contributed by atoms with van der Waals surface area (Å²) in [4.78, 5) is 23.0. The summed E-state index contributed by atoms with van der Waals surface area (Å²) in [6, 6.07) is 0. The average molecular weight is 913 g/mol. The molecule has 374 valence electrons. The second kappa shape index (κ2) is 47.5. The van der Waals surface area contributed by atoms with Crippen LogP contribution in [0.4, 0.5) is 0 Å². The van der Waals surface area contributed by atoms with Crippen LogP contribution < -0.4 is 0 Å². The van der Waals surface area contributed by atoms with E-state index in [1.165, 1.54) is 199 Å². The standard InChI is InChI=1S/C54H106NO7P/c1-6-8-10-12-14-16-18-20-22-24-26-27-28-29-31-33-35-37-39-41-43-45-47-54(56)62-53(52-61-63(57,58)60-50-48-55(3,4)5)51-59-49-46-44-42-40-38-36-34-32-30-25-23-21-19-17-15-13-11-9-7-2/h17,19,23,25,53H,6-16,18,20-22,24,26-52H2,1-5H3/p+1/b19-17-,25-23-. The highest BCUT2D eigenvalue weighted by Gasteiger charge is 2.26. The van der Waals surface area contributed by atoms with Crippen molar-refractivity contribution < 1.29 is 37.3 Å². The Labute approximate surface area is 392 Å². The van der Waals surface area contributed by atoms with Gasteiger partial charge in [0.25, 0.3) is 0 Å². The van der Waals surface area contributed by atoms with Crippen LogP contribution in [0.5, 0.6) is 0 Å². The molecule has 0 bridgehead atoms. The summed E-state index contributed by atoms with van der Waals surface area (Å²) in [7, 11) is 1.68. The highest BCUT2D eigenvalue weighted by atomic mass is 31.2. The molecule has 0 saturated heterocycles. The van der Waals surface area contributed by atoms with Crippen LogP contribution in [-0.2, 0) is 27.9 Å². The van der Waals surface area contributed by atoms with Gasteiger partial charge >= 0.3 is 13.8 Å². The summed E-state index contributed by atoms with van der Waals surface area (Å²) in [5.74, 6) is -0.309. The molecule has 0 fully saturated rings. The number of rotatable bonds is 51. The summed E-state index contributed by atoms with van der Waals surface area (Å²) >= 11 is 0. The van der Waals surface area contributed by atoms with Crippen molar-refractivity contribution in [1.82, 2.24) is 0 Å². The monoisotopic (exact) mass is 913 g/mol. The van der Waals surface area contributed by atoms with Crippen LogP contribution in [0, 0.1) is 0 Å². The second-order valence-corrected chi connectivity index (χ2v) is 21.1. The van der Waals surface area contributed by atoms with Gasteiger partial charge in [0.1, 0.15) is 19.3 Å². The lowest BCUT2D eigenvalue weighted by molar-refractivity contribution is -0.870. The summed E-state index contributed by atoms with van der Waals surface area (Å²) in [6.07, 6.45) is 56.6. The predicted molar refractivity (Wildman–Crippen MR) is 270 cm³/mol. The third-order valence-corrected chi connectivity index (χ3v) is 13.0. The maximum absolute atomic E-state index is 12.8. The van der Waals surface area contributed by atoms with E-state index in [-0.39, 0.29) is 25.8 Å². The number of allylic oxidation sites excluding steroid dienone is 4. The number of phosphoric ester groups is 1. The summed E-state index contributed by atoms with van der Waals surface area (Å²) in [5.41, 5.74) is 0. The lowest BCUT2D eigenvalue weighted by Gasteiger charge is -2.24. The molecule has 63 heavy (non-hydrogen) atoms. The molecular weight excluding hydrogens is 806 g/mol. The third kappa shape index (κ3) is 51.8. The van der Waals surface area contributed by atoms with Crippen LogP contribution in [-0.4, -0.2) is 75.6 Å². The Morgan fingerprint density at radius 2 is 0.873 bits per heavy atom. The molecule has 9 heteroatoms. The zero-order valence-corrected chi connectivity index (χ0v) is 43.5. The topological polar surface area (TPSA) is 91.3 Å². The summed E-state index contributed by atoms with van der Waals surface area (Å²) in [6.45, 7) is 5.65. The smallest absolute Gasteiger partial charge is 0.457 e. The maximum atomic E-state index is 12.8. The first-order chi connectivity index (χ1) is 30.6. The molecule has 0 aromatic carbocycles. The zero-order valence-electron chi connectivity index (χ0n) is 42.6.